The van der Waals surface area contributed by atoms with Gasteiger partial charge in [0.15, 0.2) is 0 Å². The minimum atomic E-state index is 0.789. The second-order valence-electron chi connectivity index (χ2n) is 8.29. The summed E-state index contributed by atoms with van der Waals surface area (Å²) in [7, 11) is 0. The largest absolute Gasteiger partial charge is 0.406 e. The average molecular weight is 439 g/mol. The van der Waals surface area contributed by atoms with E-state index in [0.29, 0.717) is 0 Å². The normalized spacial score (nSPS) is 10.5. The van der Waals surface area contributed by atoms with Gasteiger partial charge in [-0.25, -0.2) is 0 Å². The highest BCUT2D eigenvalue weighted by molar-refractivity contribution is 5.44. The third kappa shape index (κ3) is 8.88. The van der Waals surface area contributed by atoms with E-state index in [2.05, 4.69) is 42.5 Å². The van der Waals surface area contributed by atoms with Crippen LogP contribution < -0.4 is 10.6 Å². The van der Waals surface area contributed by atoms with Gasteiger partial charge in [-0.1, -0.05) is 74.1 Å². The predicted molar refractivity (Wildman–Crippen MR) is 139 cm³/mol. The molecule has 0 amide bonds. The monoisotopic (exact) mass is 438 g/mol. The van der Waals surface area contributed by atoms with Crippen LogP contribution in [-0.4, -0.2) is 18.2 Å². The first-order valence-electron chi connectivity index (χ1n) is 11.7. The highest BCUT2D eigenvalue weighted by Gasteiger charge is 2.09. The van der Waals surface area contributed by atoms with Crippen LogP contribution in [0.4, 0.5) is 5.69 Å². The molecule has 0 saturated carbocycles. The molecule has 0 aromatic heterocycles. The molecule has 0 aliphatic heterocycles. The summed E-state index contributed by atoms with van der Waals surface area (Å²) in [6.07, 6.45) is 5.24. The van der Waals surface area contributed by atoms with Crippen molar-refractivity contribution >= 4 is 5.69 Å². The Morgan fingerprint density at radius 1 is 0.848 bits per heavy atom. The first-order chi connectivity index (χ1) is 16.1. The van der Waals surface area contributed by atoms with Crippen LogP contribution in [0.5, 0.6) is 5.75 Å². The molecule has 0 radical (unpaired) electrons. The number of unbranched alkanes of at least 4 members (excludes halogenated alkanes) is 2. The third-order valence-corrected chi connectivity index (χ3v) is 5.37. The molecule has 2 N–H and O–H groups in total. The predicted octanol–water partition coefficient (Wildman–Crippen LogP) is 6.64. The quantitative estimate of drug-likeness (QED) is 0.120. The number of hydrogen-bond acceptors (Lipinski definition) is 3. The van der Waals surface area contributed by atoms with E-state index >= 15 is 0 Å². The molecule has 3 rings (SSSR count). The number of hydroxylamine groups is 2. The maximum Gasteiger partial charge on any atom is 0.147 e. The number of nitrogen functional groups attached to an aromatic ring is 1. The fourth-order valence-corrected chi connectivity index (χ4v) is 3.45. The molecule has 33 heavy (non-hydrogen) atoms. The lowest BCUT2D eigenvalue weighted by molar-refractivity contribution is -0.0586. The van der Waals surface area contributed by atoms with Crippen LogP contribution in [0.15, 0.2) is 91.0 Å². The topological polar surface area (TPSA) is 38.5 Å². The SMILES string of the molecule is C=C(CCN(CCCCC)Oc1ccc(C#Cc2ccccc2)cc1)Cc1ccc(N)cc1. The smallest absolute Gasteiger partial charge is 0.147 e. The van der Waals surface area contributed by atoms with Crippen LogP contribution in [0, 0.1) is 11.8 Å². The highest BCUT2D eigenvalue weighted by Crippen LogP contribution is 2.17. The van der Waals surface area contributed by atoms with E-state index in [1.54, 1.807) is 0 Å². The number of nitrogens with zero attached hydrogens (tertiary/aromatic N) is 1. The number of anilines is 1. The van der Waals surface area contributed by atoms with Crippen molar-refractivity contribution in [3.05, 3.63) is 108 Å². The Bertz CT molecular complexity index is 1040. The number of benzene rings is 3. The molecule has 0 fully saturated rings. The first-order valence-corrected chi connectivity index (χ1v) is 11.7. The van der Waals surface area contributed by atoms with Crippen molar-refractivity contribution in [1.82, 2.24) is 5.06 Å². The van der Waals surface area contributed by atoms with Crippen LogP contribution in [-0.2, 0) is 6.42 Å². The fourth-order valence-electron chi connectivity index (χ4n) is 3.45. The summed E-state index contributed by atoms with van der Waals surface area (Å²) >= 11 is 0. The Balaban J connectivity index is 1.55. The van der Waals surface area contributed by atoms with Crippen LogP contribution in [0.1, 0.15) is 49.3 Å². The molecule has 0 atom stereocenters. The Morgan fingerprint density at radius 3 is 2.18 bits per heavy atom. The van der Waals surface area contributed by atoms with Gasteiger partial charge in [-0.3, -0.25) is 0 Å². The van der Waals surface area contributed by atoms with E-state index < -0.39 is 0 Å². The fraction of sp³-hybridized carbons (Fsp3) is 0.267. The highest BCUT2D eigenvalue weighted by atomic mass is 16.7. The summed E-state index contributed by atoms with van der Waals surface area (Å²) in [5, 5.41) is 2.06. The zero-order valence-corrected chi connectivity index (χ0v) is 19.6. The van der Waals surface area contributed by atoms with E-state index in [-0.39, 0.29) is 0 Å². The van der Waals surface area contributed by atoms with E-state index in [9.17, 15) is 0 Å². The van der Waals surface area contributed by atoms with Crippen molar-refractivity contribution in [2.75, 3.05) is 18.8 Å². The minimum Gasteiger partial charge on any atom is -0.406 e. The van der Waals surface area contributed by atoms with E-state index in [1.807, 2.05) is 66.7 Å². The zero-order valence-electron chi connectivity index (χ0n) is 19.6. The third-order valence-electron chi connectivity index (χ3n) is 5.37. The minimum absolute atomic E-state index is 0.789. The molecular weight excluding hydrogens is 404 g/mol. The summed E-state index contributed by atoms with van der Waals surface area (Å²) in [4.78, 5) is 6.22. The van der Waals surface area contributed by atoms with Gasteiger partial charge in [0.2, 0.25) is 0 Å². The first kappa shape index (κ1) is 24.2. The molecule has 3 aromatic carbocycles. The Hall–Kier alpha value is -3.48. The molecule has 0 bridgehead atoms. The summed E-state index contributed by atoms with van der Waals surface area (Å²) in [6.45, 7) is 8.21. The standard InChI is InChI=1S/C30H34N2O/c1-3-4-8-22-32(23-21-25(2)24-28-13-17-29(31)18-14-28)33-30-19-15-27(16-20-30)12-11-26-9-6-5-7-10-26/h5-7,9-10,13-20H,2-4,8,21-24,31H2,1H3. The van der Waals surface area contributed by atoms with Gasteiger partial charge in [-0.15, -0.1) is 5.06 Å². The molecule has 0 aliphatic rings. The molecule has 3 aromatic rings. The zero-order chi connectivity index (χ0) is 23.3. The molecule has 0 heterocycles. The maximum atomic E-state index is 6.22. The van der Waals surface area contributed by atoms with Crippen molar-refractivity contribution in [3.63, 3.8) is 0 Å². The second-order valence-corrected chi connectivity index (χ2v) is 8.29. The molecule has 3 nitrogen and oxygen atoms in total. The van der Waals surface area contributed by atoms with Crippen molar-refractivity contribution in [1.29, 1.82) is 0 Å². The Labute approximate surface area is 198 Å². The summed E-state index contributed by atoms with van der Waals surface area (Å²) in [5.74, 6) is 7.24. The molecule has 0 spiro atoms. The lowest BCUT2D eigenvalue weighted by atomic mass is 10.0. The lowest BCUT2D eigenvalue weighted by Crippen LogP contribution is -2.30. The summed E-state index contributed by atoms with van der Waals surface area (Å²) in [6, 6.07) is 26.0. The van der Waals surface area contributed by atoms with Gasteiger partial charge in [0, 0.05) is 29.9 Å². The van der Waals surface area contributed by atoms with Crippen LogP contribution in [0.3, 0.4) is 0 Å². The van der Waals surface area contributed by atoms with Crippen LogP contribution >= 0.6 is 0 Å². The summed E-state index contributed by atoms with van der Waals surface area (Å²) in [5.41, 5.74) is 11.0. The average Bonchev–Trinajstić information content (AvgIpc) is 2.84. The van der Waals surface area contributed by atoms with Crippen molar-refractivity contribution in [2.45, 2.75) is 39.0 Å². The molecule has 0 unspecified atom stereocenters. The second kappa shape index (κ2) is 13.2. The van der Waals surface area contributed by atoms with Gasteiger partial charge < -0.3 is 10.6 Å². The van der Waals surface area contributed by atoms with E-state index in [1.165, 1.54) is 24.0 Å². The molecule has 170 valence electrons. The maximum absolute atomic E-state index is 6.22. The van der Waals surface area contributed by atoms with Gasteiger partial charge in [-0.2, -0.15) is 0 Å². The molecular formula is C30H34N2O. The van der Waals surface area contributed by atoms with Gasteiger partial charge in [-0.05, 0) is 73.4 Å². The van der Waals surface area contributed by atoms with Crippen molar-refractivity contribution in [3.8, 4) is 17.6 Å². The van der Waals surface area contributed by atoms with Crippen LogP contribution in [0.2, 0.25) is 0 Å². The number of nitrogens with two attached hydrogens (primary N) is 1. The van der Waals surface area contributed by atoms with Gasteiger partial charge in [0.05, 0.1) is 0 Å². The van der Waals surface area contributed by atoms with Crippen LogP contribution in [0.25, 0.3) is 0 Å². The van der Waals surface area contributed by atoms with E-state index in [4.69, 9.17) is 10.6 Å². The summed E-state index contributed by atoms with van der Waals surface area (Å²) < 4.78 is 0. The van der Waals surface area contributed by atoms with Gasteiger partial charge in [0.25, 0.3) is 0 Å². The molecule has 0 aliphatic carbocycles. The van der Waals surface area contributed by atoms with Crippen molar-refractivity contribution < 1.29 is 4.84 Å². The number of rotatable bonds is 11. The van der Waals surface area contributed by atoms with Crippen molar-refractivity contribution in [2.24, 2.45) is 0 Å². The number of hydrogen-bond donors (Lipinski definition) is 1. The Kier molecular flexibility index (Phi) is 9.63. The van der Waals surface area contributed by atoms with E-state index in [0.717, 1.165) is 54.9 Å². The van der Waals surface area contributed by atoms with Gasteiger partial charge in [0.1, 0.15) is 5.75 Å². The molecule has 0 saturated heterocycles. The lowest BCUT2D eigenvalue weighted by Gasteiger charge is -2.23. The molecule has 3 heteroatoms. The Morgan fingerprint density at radius 2 is 1.52 bits per heavy atom. The van der Waals surface area contributed by atoms with Gasteiger partial charge >= 0.3 is 0 Å².